The van der Waals surface area contributed by atoms with Crippen molar-refractivity contribution in [1.29, 1.82) is 0 Å². The Labute approximate surface area is 116 Å². The van der Waals surface area contributed by atoms with E-state index in [1.54, 1.807) is 0 Å². The van der Waals surface area contributed by atoms with Crippen molar-refractivity contribution < 1.29 is 0 Å². The van der Waals surface area contributed by atoms with Gasteiger partial charge in [-0.3, -0.25) is 4.99 Å². The first kappa shape index (κ1) is 11.1. The van der Waals surface area contributed by atoms with Crippen molar-refractivity contribution in [3.63, 3.8) is 0 Å². The third-order valence-electron chi connectivity index (χ3n) is 3.54. The van der Waals surface area contributed by atoms with E-state index < -0.39 is 0 Å². The van der Waals surface area contributed by atoms with Gasteiger partial charge in [0.25, 0.3) is 0 Å². The highest BCUT2D eigenvalue weighted by Crippen LogP contribution is 2.34. The number of para-hydroxylation sites is 1. The van der Waals surface area contributed by atoms with Gasteiger partial charge >= 0.3 is 0 Å². The van der Waals surface area contributed by atoms with Crippen molar-refractivity contribution in [3.05, 3.63) is 70.6 Å². The fourth-order valence-corrected chi connectivity index (χ4v) is 2.56. The van der Waals surface area contributed by atoms with Crippen LogP contribution in [0.4, 0.5) is 5.69 Å². The fourth-order valence-electron chi connectivity index (χ4n) is 2.56. The first-order valence-electron chi connectivity index (χ1n) is 6.61. The van der Waals surface area contributed by atoms with E-state index >= 15 is 0 Å². The molecule has 0 bridgehead atoms. The summed E-state index contributed by atoms with van der Waals surface area (Å²) in [7, 11) is 0. The van der Waals surface area contributed by atoms with E-state index in [0.29, 0.717) is 0 Å². The van der Waals surface area contributed by atoms with Crippen molar-refractivity contribution >= 4 is 35.5 Å². The number of allylic oxidation sites excluding steroid dienone is 2. The number of hydrogen-bond donors (Lipinski definition) is 0. The van der Waals surface area contributed by atoms with Gasteiger partial charge in [-0.25, -0.2) is 4.99 Å². The van der Waals surface area contributed by atoms with Gasteiger partial charge in [0, 0.05) is 28.8 Å². The summed E-state index contributed by atoms with van der Waals surface area (Å²) in [6.07, 6.45) is 7.88. The van der Waals surface area contributed by atoms with E-state index in [4.69, 9.17) is 4.99 Å². The molecular formula is C18H12N2. The topological polar surface area (TPSA) is 24.7 Å². The average Bonchev–Trinajstić information content (AvgIpc) is 2.85. The summed E-state index contributed by atoms with van der Waals surface area (Å²) in [5.74, 6) is 0. The monoisotopic (exact) mass is 256 g/mol. The summed E-state index contributed by atoms with van der Waals surface area (Å²) in [5.41, 5.74) is 4.33. The van der Waals surface area contributed by atoms with Crippen molar-refractivity contribution in [2.24, 2.45) is 9.98 Å². The smallest absolute Gasteiger partial charge is 0.0723 e. The second-order valence-corrected chi connectivity index (χ2v) is 4.80. The lowest BCUT2D eigenvalue weighted by Gasteiger charge is -1.99. The van der Waals surface area contributed by atoms with E-state index in [-0.39, 0.29) is 0 Å². The molecule has 94 valence electrons. The number of rotatable bonds is 0. The zero-order chi connectivity index (χ0) is 13.4. The molecular weight excluding hydrogens is 244 g/mol. The lowest BCUT2D eigenvalue weighted by Crippen LogP contribution is -2.24. The molecule has 2 aliphatic rings. The number of nitrogens with zero attached hydrogens (tertiary/aromatic N) is 2. The summed E-state index contributed by atoms with van der Waals surface area (Å²) in [6, 6.07) is 16.4. The second-order valence-electron chi connectivity index (χ2n) is 4.80. The largest absolute Gasteiger partial charge is 0.264 e. The zero-order valence-electron chi connectivity index (χ0n) is 10.8. The summed E-state index contributed by atoms with van der Waals surface area (Å²) in [4.78, 5) is 9.10. The van der Waals surface area contributed by atoms with Gasteiger partial charge in [0.05, 0.1) is 11.4 Å². The van der Waals surface area contributed by atoms with Crippen LogP contribution in [0.3, 0.4) is 0 Å². The molecule has 0 amide bonds. The Morgan fingerprint density at radius 2 is 1.60 bits per heavy atom. The Morgan fingerprint density at radius 3 is 2.55 bits per heavy atom. The van der Waals surface area contributed by atoms with Gasteiger partial charge in [0.1, 0.15) is 0 Å². The van der Waals surface area contributed by atoms with E-state index in [1.807, 2.05) is 48.8 Å². The molecule has 0 aromatic heterocycles. The normalized spacial score (nSPS) is 22.8. The quantitative estimate of drug-likeness (QED) is 0.692. The molecule has 0 atom stereocenters. The minimum absolute atomic E-state index is 1.00. The molecule has 0 saturated heterocycles. The molecule has 2 heterocycles. The maximum Gasteiger partial charge on any atom is 0.0723 e. The van der Waals surface area contributed by atoms with Crippen LogP contribution in [0.25, 0.3) is 17.8 Å². The third kappa shape index (κ3) is 1.74. The van der Waals surface area contributed by atoms with Crippen molar-refractivity contribution in [1.82, 2.24) is 0 Å². The van der Waals surface area contributed by atoms with Gasteiger partial charge in [-0.1, -0.05) is 42.5 Å². The van der Waals surface area contributed by atoms with Crippen LogP contribution in [0.5, 0.6) is 0 Å². The second kappa shape index (κ2) is 4.42. The van der Waals surface area contributed by atoms with Gasteiger partial charge < -0.3 is 0 Å². The number of fused-ring (bicyclic) bond motifs is 4. The Kier molecular flexibility index (Phi) is 2.46. The highest BCUT2D eigenvalue weighted by molar-refractivity contribution is 6.42. The van der Waals surface area contributed by atoms with Crippen molar-refractivity contribution in [2.45, 2.75) is 0 Å². The lowest BCUT2D eigenvalue weighted by atomic mass is 10.0. The predicted octanol–water partition coefficient (Wildman–Crippen LogP) is 2.46. The Hall–Kier alpha value is -2.74. The number of aliphatic imine (C=N–C) groups is 2. The van der Waals surface area contributed by atoms with Gasteiger partial charge in [-0.15, -0.1) is 0 Å². The molecule has 0 aliphatic carbocycles. The van der Waals surface area contributed by atoms with Crippen LogP contribution < -0.4 is 10.4 Å². The molecule has 2 heteroatoms. The van der Waals surface area contributed by atoms with Gasteiger partial charge in [0.15, 0.2) is 0 Å². The van der Waals surface area contributed by atoms with Crippen molar-refractivity contribution in [2.75, 3.05) is 0 Å². The number of benzene rings is 2. The summed E-state index contributed by atoms with van der Waals surface area (Å²) in [5, 5.41) is 2.25. The van der Waals surface area contributed by atoms with Crippen LogP contribution in [-0.4, -0.2) is 11.9 Å². The van der Waals surface area contributed by atoms with E-state index in [1.165, 1.54) is 5.56 Å². The maximum atomic E-state index is 4.73. The molecule has 0 unspecified atom stereocenters. The predicted molar refractivity (Wildman–Crippen MR) is 84.6 cm³/mol. The molecule has 2 aromatic carbocycles. The molecule has 20 heavy (non-hydrogen) atoms. The van der Waals surface area contributed by atoms with Gasteiger partial charge in [-0.05, 0) is 23.4 Å². The number of hydrogen-bond acceptors (Lipinski definition) is 2. The zero-order valence-corrected chi connectivity index (χ0v) is 10.8. The molecule has 2 aliphatic heterocycles. The van der Waals surface area contributed by atoms with Crippen LogP contribution >= 0.6 is 0 Å². The SMILES string of the molecule is C1=N\C=c2\cccc\c2=C\C2=Nc3ccccc3/C2=C/1. The van der Waals surface area contributed by atoms with Crippen LogP contribution in [0.15, 0.2) is 64.6 Å². The maximum absolute atomic E-state index is 4.73. The molecule has 2 aromatic rings. The molecule has 2 nitrogen and oxygen atoms in total. The average molecular weight is 256 g/mol. The fraction of sp³-hybridized carbons (Fsp3) is 0. The van der Waals surface area contributed by atoms with E-state index in [0.717, 1.165) is 27.4 Å². The minimum atomic E-state index is 1.00. The molecule has 0 fully saturated rings. The minimum Gasteiger partial charge on any atom is -0.264 e. The summed E-state index contributed by atoms with van der Waals surface area (Å²) < 4.78 is 0. The summed E-state index contributed by atoms with van der Waals surface area (Å²) in [6.45, 7) is 0. The lowest BCUT2D eigenvalue weighted by molar-refractivity contribution is 1.49. The highest BCUT2D eigenvalue weighted by Gasteiger charge is 2.18. The molecule has 0 saturated carbocycles. The van der Waals surface area contributed by atoms with Crippen LogP contribution in [0.1, 0.15) is 5.56 Å². The van der Waals surface area contributed by atoms with Crippen LogP contribution in [0.2, 0.25) is 0 Å². The van der Waals surface area contributed by atoms with Crippen molar-refractivity contribution in [3.8, 4) is 0 Å². The standard InChI is InChI=1S/C18H12N2/c1-2-6-14-12-19-10-9-16-15-7-3-4-8-17(15)20-18(16)11-13(14)5-1/h1-12H/b10-9?,13-11-,14-12-,16-9-,18-11?,19-10-,19-12?. The van der Waals surface area contributed by atoms with Gasteiger partial charge in [0.2, 0.25) is 0 Å². The van der Waals surface area contributed by atoms with Crippen LogP contribution in [0, 0.1) is 0 Å². The third-order valence-corrected chi connectivity index (χ3v) is 3.54. The van der Waals surface area contributed by atoms with Gasteiger partial charge in [-0.2, -0.15) is 0 Å². The molecule has 4 rings (SSSR count). The van der Waals surface area contributed by atoms with Crippen LogP contribution in [-0.2, 0) is 0 Å². The Bertz CT molecular complexity index is 899. The van der Waals surface area contributed by atoms with E-state index in [9.17, 15) is 0 Å². The Morgan fingerprint density at radius 1 is 0.800 bits per heavy atom. The Balaban J connectivity index is 2.03. The molecule has 0 radical (unpaired) electrons. The summed E-state index contributed by atoms with van der Waals surface area (Å²) >= 11 is 0. The first-order chi connectivity index (χ1) is 9.92. The molecule has 0 spiro atoms. The highest BCUT2D eigenvalue weighted by atomic mass is 14.8. The van der Waals surface area contributed by atoms with E-state index in [2.05, 4.69) is 29.3 Å². The molecule has 0 N–H and O–H groups in total. The first-order valence-corrected chi connectivity index (χ1v) is 6.61.